The third-order valence-corrected chi connectivity index (χ3v) is 8.39. The zero-order chi connectivity index (χ0) is 23.7. The highest BCUT2D eigenvalue weighted by Crippen LogP contribution is 2.42. The molecule has 1 aromatic carbocycles. The fraction of sp³-hybridized carbons (Fsp3) is 0.806. The lowest BCUT2D eigenvalue weighted by Crippen LogP contribution is -2.37. The van der Waals surface area contributed by atoms with E-state index in [4.69, 9.17) is 4.74 Å². The van der Waals surface area contributed by atoms with Crippen molar-refractivity contribution in [3.05, 3.63) is 27.8 Å². The summed E-state index contributed by atoms with van der Waals surface area (Å²) in [5, 5.41) is 0. The summed E-state index contributed by atoms with van der Waals surface area (Å²) in [6.07, 6.45) is 19.0. The van der Waals surface area contributed by atoms with Gasteiger partial charge in [0.1, 0.15) is 11.4 Å². The summed E-state index contributed by atoms with van der Waals surface area (Å²) in [6, 6.07) is 0. The van der Waals surface area contributed by atoms with Crippen molar-refractivity contribution in [2.75, 3.05) is 0 Å². The lowest BCUT2D eigenvalue weighted by atomic mass is 9.83. The Bertz CT molecular complexity index is 701. The molecule has 1 nitrogen and oxygen atoms in total. The largest absolute Gasteiger partial charge is 0.487 e. The standard InChI is InChI=1S/C31H54O/c1-23(2)17-14-15-19-24(3)18-13-11-9-10-12-16-21-31(8)22-20-29-27(6)25(4)26(5)28(7)30(29)32-31/h23-24H,9-22H2,1-8H3/t24-,31+/m0/s1. The highest BCUT2D eigenvalue weighted by Gasteiger charge is 2.33. The van der Waals surface area contributed by atoms with Crippen LogP contribution in [0.15, 0.2) is 0 Å². The van der Waals surface area contributed by atoms with Crippen molar-refractivity contribution in [2.45, 2.75) is 151 Å². The fourth-order valence-electron chi connectivity index (χ4n) is 5.55. The van der Waals surface area contributed by atoms with E-state index in [0.29, 0.717) is 0 Å². The molecule has 0 amide bonds. The number of hydrogen-bond acceptors (Lipinski definition) is 1. The maximum Gasteiger partial charge on any atom is 0.126 e. The van der Waals surface area contributed by atoms with Gasteiger partial charge < -0.3 is 4.74 Å². The van der Waals surface area contributed by atoms with Gasteiger partial charge in [0, 0.05) is 0 Å². The Morgan fingerprint density at radius 1 is 0.688 bits per heavy atom. The fourth-order valence-corrected chi connectivity index (χ4v) is 5.55. The molecule has 0 radical (unpaired) electrons. The van der Waals surface area contributed by atoms with Gasteiger partial charge in [-0.15, -0.1) is 0 Å². The van der Waals surface area contributed by atoms with Crippen molar-refractivity contribution in [3.8, 4) is 5.75 Å². The van der Waals surface area contributed by atoms with Crippen LogP contribution in [0.4, 0.5) is 0 Å². The molecule has 0 saturated carbocycles. The Balaban J connectivity index is 1.60. The Hall–Kier alpha value is -0.980. The van der Waals surface area contributed by atoms with Crippen LogP contribution in [-0.2, 0) is 6.42 Å². The summed E-state index contributed by atoms with van der Waals surface area (Å²) < 4.78 is 6.69. The first kappa shape index (κ1) is 27.3. The molecule has 0 bridgehead atoms. The van der Waals surface area contributed by atoms with Gasteiger partial charge >= 0.3 is 0 Å². The highest BCUT2D eigenvalue weighted by molar-refractivity contribution is 5.55. The van der Waals surface area contributed by atoms with Crippen molar-refractivity contribution in [2.24, 2.45) is 11.8 Å². The molecule has 0 aromatic heterocycles. The highest BCUT2D eigenvalue weighted by atomic mass is 16.5. The molecular formula is C31H54O. The molecule has 0 saturated heterocycles. The Kier molecular flexibility index (Phi) is 11.1. The molecule has 0 N–H and O–H groups in total. The van der Waals surface area contributed by atoms with Gasteiger partial charge in [0.25, 0.3) is 0 Å². The van der Waals surface area contributed by atoms with Crippen LogP contribution in [0.3, 0.4) is 0 Å². The van der Waals surface area contributed by atoms with E-state index in [1.807, 2.05) is 0 Å². The predicted octanol–water partition coefficient (Wildman–Crippen LogP) is 9.98. The van der Waals surface area contributed by atoms with Gasteiger partial charge in [-0.05, 0) is 100.0 Å². The van der Waals surface area contributed by atoms with Crippen LogP contribution in [0, 0.1) is 39.5 Å². The van der Waals surface area contributed by atoms with Crippen LogP contribution in [0.25, 0.3) is 0 Å². The summed E-state index contributed by atoms with van der Waals surface area (Å²) in [4.78, 5) is 0. The summed E-state index contributed by atoms with van der Waals surface area (Å²) in [7, 11) is 0. The normalized spacial score (nSPS) is 19.2. The van der Waals surface area contributed by atoms with Crippen molar-refractivity contribution in [1.29, 1.82) is 0 Å². The van der Waals surface area contributed by atoms with Gasteiger partial charge in [0.15, 0.2) is 0 Å². The van der Waals surface area contributed by atoms with Crippen LogP contribution in [0.5, 0.6) is 5.75 Å². The SMILES string of the molecule is Cc1c(C)c(C)c2c(c1C)CC[C@@](C)(CCCCCCCC[C@H](C)CCCCC(C)C)O2. The van der Waals surface area contributed by atoms with Gasteiger partial charge in [-0.1, -0.05) is 85.0 Å². The molecular weight excluding hydrogens is 388 g/mol. The van der Waals surface area contributed by atoms with E-state index in [-0.39, 0.29) is 5.60 Å². The maximum absolute atomic E-state index is 6.69. The Morgan fingerprint density at radius 3 is 1.88 bits per heavy atom. The molecule has 1 heteroatoms. The predicted molar refractivity (Wildman–Crippen MR) is 142 cm³/mol. The number of ether oxygens (including phenoxy) is 1. The summed E-state index contributed by atoms with van der Waals surface area (Å²) in [5.74, 6) is 3.00. The van der Waals surface area contributed by atoms with E-state index >= 15 is 0 Å². The van der Waals surface area contributed by atoms with Crippen LogP contribution < -0.4 is 4.74 Å². The minimum atomic E-state index is 0.0247. The number of benzene rings is 1. The van der Waals surface area contributed by atoms with E-state index in [1.165, 1.54) is 117 Å². The molecule has 0 spiro atoms. The third-order valence-electron chi connectivity index (χ3n) is 8.39. The number of rotatable bonds is 14. The monoisotopic (exact) mass is 442 g/mol. The van der Waals surface area contributed by atoms with Crippen molar-refractivity contribution in [3.63, 3.8) is 0 Å². The van der Waals surface area contributed by atoms with Crippen LogP contribution in [-0.4, -0.2) is 5.60 Å². The maximum atomic E-state index is 6.69. The molecule has 0 unspecified atom stereocenters. The number of hydrogen-bond donors (Lipinski definition) is 0. The minimum absolute atomic E-state index is 0.0247. The minimum Gasteiger partial charge on any atom is -0.487 e. The molecule has 184 valence electrons. The van der Waals surface area contributed by atoms with Crippen molar-refractivity contribution < 1.29 is 4.74 Å². The zero-order valence-electron chi connectivity index (χ0n) is 23.0. The lowest BCUT2D eigenvalue weighted by molar-refractivity contribution is 0.0523. The first-order valence-electron chi connectivity index (χ1n) is 13.9. The van der Waals surface area contributed by atoms with E-state index in [0.717, 1.165) is 18.3 Å². The average molecular weight is 443 g/mol. The summed E-state index contributed by atoms with van der Waals surface area (Å²) >= 11 is 0. The van der Waals surface area contributed by atoms with Gasteiger partial charge in [-0.25, -0.2) is 0 Å². The summed E-state index contributed by atoms with van der Waals surface area (Å²) in [5.41, 5.74) is 7.18. The zero-order valence-corrected chi connectivity index (χ0v) is 23.0. The Labute approximate surface area is 201 Å². The molecule has 1 aromatic rings. The van der Waals surface area contributed by atoms with Gasteiger partial charge in [-0.2, -0.15) is 0 Å². The van der Waals surface area contributed by atoms with Crippen molar-refractivity contribution >= 4 is 0 Å². The average Bonchev–Trinajstić information content (AvgIpc) is 2.75. The van der Waals surface area contributed by atoms with Gasteiger partial charge in [0.05, 0.1) is 0 Å². The number of fused-ring (bicyclic) bond motifs is 1. The molecule has 0 fully saturated rings. The number of unbranched alkanes of at least 4 members (excludes halogenated alkanes) is 6. The van der Waals surface area contributed by atoms with E-state index < -0.39 is 0 Å². The smallest absolute Gasteiger partial charge is 0.126 e. The molecule has 1 aliphatic heterocycles. The third kappa shape index (κ3) is 8.11. The second kappa shape index (κ2) is 13.0. The molecule has 2 atom stereocenters. The van der Waals surface area contributed by atoms with E-state index in [2.05, 4.69) is 55.4 Å². The van der Waals surface area contributed by atoms with E-state index in [1.54, 1.807) is 0 Å². The quantitative estimate of drug-likeness (QED) is 0.260. The van der Waals surface area contributed by atoms with Crippen molar-refractivity contribution in [1.82, 2.24) is 0 Å². The second-order valence-corrected chi connectivity index (χ2v) is 11.8. The molecule has 1 aliphatic rings. The Morgan fingerprint density at radius 2 is 1.22 bits per heavy atom. The van der Waals surface area contributed by atoms with Gasteiger partial charge in [-0.3, -0.25) is 0 Å². The summed E-state index contributed by atoms with van der Waals surface area (Å²) in [6.45, 7) is 18.5. The van der Waals surface area contributed by atoms with Crippen LogP contribution in [0.2, 0.25) is 0 Å². The van der Waals surface area contributed by atoms with Gasteiger partial charge in [0.2, 0.25) is 0 Å². The molecule has 1 heterocycles. The van der Waals surface area contributed by atoms with Crippen LogP contribution >= 0.6 is 0 Å². The first-order valence-corrected chi connectivity index (χ1v) is 13.9. The topological polar surface area (TPSA) is 9.23 Å². The lowest BCUT2D eigenvalue weighted by Gasteiger charge is -2.38. The molecule has 32 heavy (non-hydrogen) atoms. The van der Waals surface area contributed by atoms with E-state index in [9.17, 15) is 0 Å². The second-order valence-electron chi connectivity index (χ2n) is 11.8. The molecule has 0 aliphatic carbocycles. The first-order chi connectivity index (χ1) is 15.1. The molecule has 2 rings (SSSR count). The van der Waals surface area contributed by atoms with Crippen LogP contribution in [0.1, 0.15) is 139 Å².